The van der Waals surface area contributed by atoms with E-state index in [4.69, 9.17) is 18.9 Å². The number of hydrogen-bond acceptors (Lipinski definition) is 4. The molecule has 0 rings (SSSR count). The molecule has 4 nitrogen and oxygen atoms in total. The summed E-state index contributed by atoms with van der Waals surface area (Å²) in [7, 11) is 1.68. The lowest BCUT2D eigenvalue weighted by Crippen LogP contribution is -2.03. The molecule has 0 amide bonds. The molecule has 0 aliphatic carbocycles. The van der Waals surface area contributed by atoms with Crippen LogP contribution in [0.5, 0.6) is 0 Å². The van der Waals surface area contributed by atoms with Crippen molar-refractivity contribution in [2.75, 3.05) is 53.4 Å². The summed E-state index contributed by atoms with van der Waals surface area (Å²) in [6.45, 7) is 11.6. The summed E-state index contributed by atoms with van der Waals surface area (Å²) < 4.78 is 20.1. The molecular weight excluding hydrogens is 244 g/mol. The highest BCUT2D eigenvalue weighted by Gasteiger charge is 1.84. The van der Waals surface area contributed by atoms with Crippen LogP contribution in [0.3, 0.4) is 0 Å². The van der Waals surface area contributed by atoms with Gasteiger partial charge in [0.2, 0.25) is 0 Å². The molecule has 0 aliphatic heterocycles. The summed E-state index contributed by atoms with van der Waals surface area (Å²) in [6.07, 6.45) is 2.18. The third-order valence-electron chi connectivity index (χ3n) is 1.70. The molecule has 0 aromatic heterocycles. The monoisotopic (exact) mass is 282 g/mol. The largest absolute Gasteiger partial charge is 0.382 e. The van der Waals surface area contributed by atoms with Crippen LogP contribution in [-0.4, -0.2) is 53.4 Å². The van der Waals surface area contributed by atoms with E-state index in [1.165, 1.54) is 0 Å². The maximum Gasteiger partial charge on any atom is 0.0700 e. The van der Waals surface area contributed by atoms with Crippen molar-refractivity contribution in [3.8, 4) is 0 Å². The van der Waals surface area contributed by atoms with Gasteiger partial charge in [-0.15, -0.1) is 0 Å². The van der Waals surface area contributed by atoms with E-state index in [9.17, 15) is 0 Å². The Morgan fingerprint density at radius 2 is 1.00 bits per heavy atom. The first-order valence-electron chi connectivity index (χ1n) is 6.55. The summed E-state index contributed by atoms with van der Waals surface area (Å²) in [5.74, 6) is 0. The first kappa shape index (κ1) is 27.2. The molecular formula is C15H38O4. The fourth-order valence-electron chi connectivity index (χ4n) is 0.897. The zero-order chi connectivity index (χ0) is 13.2. The van der Waals surface area contributed by atoms with Crippen molar-refractivity contribution in [2.45, 2.75) is 48.5 Å². The second-order valence-corrected chi connectivity index (χ2v) is 3.41. The van der Waals surface area contributed by atoms with E-state index < -0.39 is 0 Å². The van der Waals surface area contributed by atoms with Crippen LogP contribution in [0, 0.1) is 0 Å². The van der Waals surface area contributed by atoms with E-state index in [1.807, 2.05) is 6.92 Å². The third-order valence-corrected chi connectivity index (χ3v) is 1.70. The van der Waals surface area contributed by atoms with E-state index >= 15 is 0 Å². The zero-order valence-corrected chi connectivity index (χ0v) is 12.0. The molecule has 0 radical (unpaired) electrons. The Bertz CT molecular complexity index is 98.3. The Kier molecular flexibility index (Phi) is 44.0. The third kappa shape index (κ3) is 38.1. The minimum Gasteiger partial charge on any atom is -0.382 e. The number of hydrogen-bond donors (Lipinski definition) is 0. The molecule has 0 aromatic rings. The molecule has 0 saturated carbocycles. The average Bonchev–Trinajstić information content (AvgIpc) is 2.36. The second-order valence-electron chi connectivity index (χ2n) is 3.41. The highest BCUT2D eigenvalue weighted by Crippen LogP contribution is 1.80. The molecule has 0 unspecified atom stereocenters. The van der Waals surface area contributed by atoms with Crippen molar-refractivity contribution in [3.63, 3.8) is 0 Å². The summed E-state index contributed by atoms with van der Waals surface area (Å²) in [6, 6.07) is 0. The fraction of sp³-hybridized carbons (Fsp3) is 1.00. The normalized spacial score (nSPS) is 8.84. The van der Waals surface area contributed by atoms with Crippen molar-refractivity contribution in [3.05, 3.63) is 0 Å². The summed E-state index contributed by atoms with van der Waals surface area (Å²) in [4.78, 5) is 0. The molecule has 0 spiro atoms. The second kappa shape index (κ2) is 30.7. The molecule has 4 heteroatoms. The van der Waals surface area contributed by atoms with E-state index in [-0.39, 0.29) is 14.9 Å². The predicted molar refractivity (Wildman–Crippen MR) is 84.1 cm³/mol. The quantitative estimate of drug-likeness (QED) is 0.540. The topological polar surface area (TPSA) is 36.9 Å². The Labute approximate surface area is 121 Å². The van der Waals surface area contributed by atoms with Crippen LogP contribution in [-0.2, 0) is 18.9 Å². The van der Waals surface area contributed by atoms with E-state index in [0.29, 0.717) is 6.61 Å². The van der Waals surface area contributed by atoms with Crippen molar-refractivity contribution in [1.29, 1.82) is 0 Å². The molecule has 0 N–H and O–H groups in total. The van der Waals surface area contributed by atoms with E-state index in [1.54, 1.807) is 7.11 Å². The fourth-order valence-corrected chi connectivity index (χ4v) is 0.897. The predicted octanol–water partition coefficient (Wildman–Crippen LogP) is 3.78. The van der Waals surface area contributed by atoms with Gasteiger partial charge in [0, 0.05) is 26.9 Å². The SMILES string of the molecule is C.C.CCCOCCOC.CCCOCCOCC. The van der Waals surface area contributed by atoms with Crippen LogP contribution < -0.4 is 0 Å². The average molecular weight is 282 g/mol. The standard InChI is InChI=1S/C7H16O2.C6H14O2.2CH4/c1-3-5-9-7-6-8-4-2;1-3-4-8-6-5-7-2;;/h3-7H2,1-2H3;3-6H2,1-2H3;2*1H4. The molecule has 0 heterocycles. The van der Waals surface area contributed by atoms with Gasteiger partial charge < -0.3 is 18.9 Å². The van der Waals surface area contributed by atoms with Gasteiger partial charge in [0.05, 0.1) is 26.4 Å². The lowest BCUT2D eigenvalue weighted by Gasteiger charge is -2.00. The van der Waals surface area contributed by atoms with Gasteiger partial charge in [-0.05, 0) is 19.8 Å². The van der Waals surface area contributed by atoms with Gasteiger partial charge in [0.1, 0.15) is 0 Å². The Morgan fingerprint density at radius 1 is 0.579 bits per heavy atom. The lowest BCUT2D eigenvalue weighted by atomic mass is 10.5. The summed E-state index contributed by atoms with van der Waals surface area (Å²) >= 11 is 0. The smallest absolute Gasteiger partial charge is 0.0700 e. The van der Waals surface area contributed by atoms with Crippen LogP contribution in [0.25, 0.3) is 0 Å². The maximum absolute atomic E-state index is 5.16. The molecule has 0 bridgehead atoms. The van der Waals surface area contributed by atoms with Gasteiger partial charge in [0.15, 0.2) is 0 Å². The molecule has 0 aliphatic rings. The molecule has 0 saturated heterocycles. The maximum atomic E-state index is 5.16. The molecule has 0 atom stereocenters. The van der Waals surface area contributed by atoms with E-state index in [2.05, 4.69) is 13.8 Å². The minimum atomic E-state index is 0. The Morgan fingerprint density at radius 3 is 1.37 bits per heavy atom. The highest BCUT2D eigenvalue weighted by molar-refractivity contribution is 4.28. The van der Waals surface area contributed by atoms with Gasteiger partial charge >= 0.3 is 0 Å². The van der Waals surface area contributed by atoms with Crippen LogP contribution in [0.15, 0.2) is 0 Å². The van der Waals surface area contributed by atoms with Gasteiger partial charge in [-0.1, -0.05) is 28.7 Å². The number of rotatable bonds is 11. The van der Waals surface area contributed by atoms with Crippen molar-refractivity contribution in [2.24, 2.45) is 0 Å². The van der Waals surface area contributed by atoms with Crippen molar-refractivity contribution >= 4 is 0 Å². The Balaban J connectivity index is -0.000000108. The van der Waals surface area contributed by atoms with E-state index in [0.717, 1.165) is 52.5 Å². The van der Waals surface area contributed by atoms with Gasteiger partial charge in [-0.25, -0.2) is 0 Å². The van der Waals surface area contributed by atoms with Crippen LogP contribution in [0.1, 0.15) is 48.5 Å². The summed E-state index contributed by atoms with van der Waals surface area (Å²) in [5, 5.41) is 0. The highest BCUT2D eigenvalue weighted by atomic mass is 16.5. The minimum absolute atomic E-state index is 0. The van der Waals surface area contributed by atoms with Crippen LogP contribution >= 0.6 is 0 Å². The molecule has 19 heavy (non-hydrogen) atoms. The van der Waals surface area contributed by atoms with Gasteiger partial charge in [-0.2, -0.15) is 0 Å². The van der Waals surface area contributed by atoms with Crippen molar-refractivity contribution in [1.82, 2.24) is 0 Å². The molecule has 0 aromatic carbocycles. The summed E-state index contributed by atoms with van der Waals surface area (Å²) in [5.41, 5.74) is 0. The Hall–Kier alpha value is -0.160. The zero-order valence-electron chi connectivity index (χ0n) is 12.0. The number of methoxy groups -OCH3 is 1. The molecule has 0 fully saturated rings. The lowest BCUT2D eigenvalue weighted by molar-refractivity contribution is 0.0531. The first-order valence-corrected chi connectivity index (χ1v) is 6.55. The number of ether oxygens (including phenoxy) is 4. The van der Waals surface area contributed by atoms with Crippen LogP contribution in [0.2, 0.25) is 0 Å². The first-order chi connectivity index (χ1) is 8.33. The van der Waals surface area contributed by atoms with Gasteiger partial charge in [0.25, 0.3) is 0 Å². The van der Waals surface area contributed by atoms with Crippen LogP contribution in [0.4, 0.5) is 0 Å². The molecule has 122 valence electrons. The van der Waals surface area contributed by atoms with Crippen molar-refractivity contribution < 1.29 is 18.9 Å². The van der Waals surface area contributed by atoms with Gasteiger partial charge in [-0.3, -0.25) is 0 Å².